The third-order valence-electron chi connectivity index (χ3n) is 6.16. The molecule has 0 saturated carbocycles. The van der Waals surface area contributed by atoms with E-state index in [0.29, 0.717) is 40.5 Å². The molecule has 10 nitrogen and oxygen atoms in total. The van der Waals surface area contributed by atoms with Crippen molar-refractivity contribution < 1.29 is 23.6 Å². The Bertz CT molecular complexity index is 1490. The van der Waals surface area contributed by atoms with Crippen LogP contribution in [-0.4, -0.2) is 51.6 Å². The molecule has 0 amide bonds. The lowest BCUT2D eigenvalue weighted by Crippen LogP contribution is -2.20. The average molecular weight is 528 g/mol. The van der Waals surface area contributed by atoms with Crippen LogP contribution in [-0.2, 0) is 4.74 Å². The standard InChI is InChI=1S/C29H29N5O5/c1-36-19-7-3-2-4-8-20-37-24-17-15-22(16-18-24)28-30-27(32-38-28)21-11-13-23(14-12-21)29(35)39-34-26-10-6-5-9-25(26)31-33-34/h5-6,9-18H,2-4,7-8,19-20H2,1H3. The number of unbranched alkanes of at least 4 members (excludes halogenated alkanes) is 4. The van der Waals surface area contributed by atoms with Crippen LogP contribution in [0.4, 0.5) is 0 Å². The van der Waals surface area contributed by atoms with Crippen molar-refractivity contribution >= 4 is 17.0 Å². The smallest absolute Gasteiger partial charge is 0.365 e. The molecule has 0 aliphatic carbocycles. The van der Waals surface area contributed by atoms with Crippen LogP contribution in [0.15, 0.2) is 77.3 Å². The molecule has 0 saturated heterocycles. The second-order valence-corrected chi connectivity index (χ2v) is 8.96. The SMILES string of the molecule is COCCCCCCCOc1ccc(-c2nc(-c3ccc(C(=O)On4nnc5ccccc54)cc3)no2)cc1. The summed E-state index contributed by atoms with van der Waals surface area (Å²) in [7, 11) is 1.74. The first-order valence-electron chi connectivity index (χ1n) is 12.9. The van der Waals surface area contributed by atoms with Gasteiger partial charge in [0.15, 0.2) is 0 Å². The van der Waals surface area contributed by atoms with Crippen LogP contribution in [0.25, 0.3) is 33.9 Å². The number of nitrogens with zero attached hydrogens (tertiary/aromatic N) is 5. The summed E-state index contributed by atoms with van der Waals surface area (Å²) in [6.07, 6.45) is 5.66. The number of hydrogen-bond donors (Lipinski definition) is 0. The van der Waals surface area contributed by atoms with E-state index in [1.807, 2.05) is 36.4 Å². The Balaban J connectivity index is 1.13. The highest BCUT2D eigenvalue weighted by atomic mass is 16.7. The molecule has 0 aliphatic heterocycles. The Kier molecular flexibility index (Phi) is 8.54. The third kappa shape index (κ3) is 6.66. The van der Waals surface area contributed by atoms with Crippen molar-refractivity contribution in [1.82, 2.24) is 25.3 Å². The molecule has 2 aromatic heterocycles. The average Bonchev–Trinajstić information content (AvgIpc) is 3.63. The summed E-state index contributed by atoms with van der Waals surface area (Å²) < 4.78 is 16.4. The van der Waals surface area contributed by atoms with E-state index in [9.17, 15) is 4.79 Å². The normalized spacial score (nSPS) is 11.1. The van der Waals surface area contributed by atoms with E-state index in [2.05, 4.69) is 20.5 Å². The van der Waals surface area contributed by atoms with E-state index in [1.54, 1.807) is 43.5 Å². The number of carbonyl (C=O) groups excluding carboxylic acids is 1. The second kappa shape index (κ2) is 12.8. The zero-order valence-electron chi connectivity index (χ0n) is 21.7. The molecule has 5 rings (SSSR count). The molecule has 10 heteroatoms. The third-order valence-corrected chi connectivity index (χ3v) is 6.16. The van der Waals surface area contributed by atoms with Crippen LogP contribution in [0, 0.1) is 0 Å². The van der Waals surface area contributed by atoms with Crippen LogP contribution in [0.3, 0.4) is 0 Å². The molecule has 0 bridgehead atoms. The minimum atomic E-state index is -0.560. The summed E-state index contributed by atoms with van der Waals surface area (Å²) in [5, 5.41) is 11.9. The van der Waals surface area contributed by atoms with Crippen molar-refractivity contribution in [3.05, 3.63) is 78.4 Å². The highest BCUT2D eigenvalue weighted by molar-refractivity contribution is 5.90. The maximum absolute atomic E-state index is 12.6. The van der Waals surface area contributed by atoms with E-state index in [1.165, 1.54) is 12.8 Å². The van der Waals surface area contributed by atoms with Gasteiger partial charge in [0.1, 0.15) is 16.8 Å². The van der Waals surface area contributed by atoms with Crippen LogP contribution < -0.4 is 9.57 Å². The highest BCUT2D eigenvalue weighted by Gasteiger charge is 2.15. The summed E-state index contributed by atoms with van der Waals surface area (Å²) in [4.78, 5) is 23.6. The van der Waals surface area contributed by atoms with Gasteiger partial charge in [-0.1, -0.05) is 53.5 Å². The first-order chi connectivity index (χ1) is 19.2. The van der Waals surface area contributed by atoms with Gasteiger partial charge < -0.3 is 18.8 Å². The zero-order valence-corrected chi connectivity index (χ0v) is 21.7. The zero-order chi connectivity index (χ0) is 26.9. The van der Waals surface area contributed by atoms with Crippen molar-refractivity contribution in [3.8, 4) is 28.6 Å². The number of ether oxygens (including phenoxy) is 2. The summed E-state index contributed by atoms with van der Waals surface area (Å²) in [6.45, 7) is 1.52. The summed E-state index contributed by atoms with van der Waals surface area (Å²) in [5.74, 6) is 1.06. The fourth-order valence-electron chi connectivity index (χ4n) is 4.02. The van der Waals surface area contributed by atoms with Gasteiger partial charge in [0, 0.05) is 24.8 Å². The molecule has 200 valence electrons. The van der Waals surface area contributed by atoms with Gasteiger partial charge in [-0.15, -0.1) is 5.10 Å². The molecular formula is C29H29N5O5. The first kappa shape index (κ1) is 26.1. The molecule has 39 heavy (non-hydrogen) atoms. The lowest BCUT2D eigenvalue weighted by Gasteiger charge is -2.06. The van der Waals surface area contributed by atoms with E-state index in [0.717, 1.165) is 42.0 Å². The first-order valence-corrected chi connectivity index (χ1v) is 12.9. The van der Waals surface area contributed by atoms with Gasteiger partial charge in [0.25, 0.3) is 5.89 Å². The topological polar surface area (TPSA) is 114 Å². The fraction of sp³-hybridized carbons (Fsp3) is 0.276. The minimum Gasteiger partial charge on any atom is -0.494 e. The predicted molar refractivity (Wildman–Crippen MR) is 144 cm³/mol. The second-order valence-electron chi connectivity index (χ2n) is 8.96. The molecule has 0 radical (unpaired) electrons. The quantitative estimate of drug-likeness (QED) is 0.147. The Morgan fingerprint density at radius 1 is 0.846 bits per heavy atom. The summed E-state index contributed by atoms with van der Waals surface area (Å²) >= 11 is 0. The number of aromatic nitrogens is 5. The van der Waals surface area contributed by atoms with Crippen molar-refractivity contribution in [2.24, 2.45) is 0 Å². The number of para-hydroxylation sites is 1. The highest BCUT2D eigenvalue weighted by Crippen LogP contribution is 2.25. The van der Waals surface area contributed by atoms with Crippen LogP contribution in [0.1, 0.15) is 42.5 Å². The Hall–Kier alpha value is -4.57. The monoisotopic (exact) mass is 527 g/mol. The van der Waals surface area contributed by atoms with E-state index >= 15 is 0 Å². The molecule has 2 heterocycles. The molecule has 0 unspecified atom stereocenters. The lowest BCUT2D eigenvalue weighted by atomic mass is 10.1. The maximum atomic E-state index is 12.6. The number of carbonyl (C=O) groups is 1. The lowest BCUT2D eigenvalue weighted by molar-refractivity contribution is 0.0409. The van der Waals surface area contributed by atoms with Gasteiger partial charge in [-0.2, -0.15) is 4.98 Å². The van der Waals surface area contributed by atoms with Crippen LogP contribution in [0.2, 0.25) is 0 Å². The largest absolute Gasteiger partial charge is 0.494 e. The van der Waals surface area contributed by atoms with Crippen molar-refractivity contribution in [2.45, 2.75) is 32.1 Å². The van der Waals surface area contributed by atoms with Gasteiger partial charge in [-0.05, 0) is 66.6 Å². The van der Waals surface area contributed by atoms with Crippen molar-refractivity contribution in [3.63, 3.8) is 0 Å². The molecule has 0 fully saturated rings. The van der Waals surface area contributed by atoms with E-state index < -0.39 is 5.97 Å². The Labute approximate surface area is 225 Å². The molecular weight excluding hydrogens is 498 g/mol. The van der Waals surface area contributed by atoms with Crippen LogP contribution >= 0.6 is 0 Å². The predicted octanol–water partition coefficient (Wildman–Crippen LogP) is 5.39. The molecule has 0 N–H and O–H groups in total. The van der Waals surface area contributed by atoms with Gasteiger partial charge in [-0.25, -0.2) is 4.79 Å². The van der Waals surface area contributed by atoms with Crippen molar-refractivity contribution in [2.75, 3.05) is 20.3 Å². The molecule has 0 aliphatic rings. The van der Waals surface area contributed by atoms with E-state index in [4.69, 9.17) is 18.8 Å². The summed E-state index contributed by atoms with van der Waals surface area (Å²) in [5.41, 5.74) is 3.08. The Morgan fingerprint density at radius 2 is 1.56 bits per heavy atom. The van der Waals surface area contributed by atoms with Crippen LogP contribution in [0.5, 0.6) is 5.75 Å². The molecule has 0 spiro atoms. The number of benzene rings is 3. The summed E-state index contributed by atoms with van der Waals surface area (Å²) in [6, 6.07) is 21.6. The Morgan fingerprint density at radius 3 is 2.36 bits per heavy atom. The number of fused-ring (bicyclic) bond motifs is 1. The number of hydrogen-bond acceptors (Lipinski definition) is 9. The maximum Gasteiger partial charge on any atom is 0.365 e. The van der Waals surface area contributed by atoms with E-state index in [-0.39, 0.29) is 0 Å². The van der Waals surface area contributed by atoms with Gasteiger partial charge in [-0.3, -0.25) is 0 Å². The molecule has 5 aromatic rings. The molecule has 3 aromatic carbocycles. The number of methoxy groups -OCH3 is 1. The van der Waals surface area contributed by atoms with Gasteiger partial charge in [0.05, 0.1) is 12.2 Å². The minimum absolute atomic E-state index is 0.351. The van der Waals surface area contributed by atoms with Crippen molar-refractivity contribution in [1.29, 1.82) is 0 Å². The fourth-order valence-corrected chi connectivity index (χ4v) is 4.02. The van der Waals surface area contributed by atoms with Gasteiger partial charge >= 0.3 is 5.97 Å². The van der Waals surface area contributed by atoms with Gasteiger partial charge in [0.2, 0.25) is 5.82 Å². The molecule has 0 atom stereocenters. The number of rotatable bonds is 13.